The van der Waals surface area contributed by atoms with Gasteiger partial charge in [-0.2, -0.15) is 0 Å². The number of nitrogens with two attached hydrogens (primary N) is 1. The Balaban J connectivity index is 2.59. The molecular weight excluding hydrogens is 203 g/mol. The van der Waals surface area contributed by atoms with Gasteiger partial charge in [0.05, 0.1) is 6.54 Å². The lowest BCUT2D eigenvalue weighted by Gasteiger charge is -2.13. The third-order valence-corrected chi connectivity index (χ3v) is 2.48. The van der Waals surface area contributed by atoms with Crippen LogP contribution in [-0.2, 0) is 9.36 Å². The molecule has 1 atom stereocenters. The highest BCUT2D eigenvalue weighted by Gasteiger charge is 2.16. The molecule has 0 aliphatic rings. The van der Waals surface area contributed by atoms with Crippen LogP contribution < -0.4 is 15.1 Å². The minimum atomic E-state index is -3.41. The van der Waals surface area contributed by atoms with E-state index in [0.29, 0.717) is 12.0 Å². The van der Waals surface area contributed by atoms with Gasteiger partial charge in [-0.05, 0) is 12.1 Å². The third kappa shape index (κ3) is 3.70. The summed E-state index contributed by atoms with van der Waals surface area (Å²) in [4.78, 5) is 10.0. The van der Waals surface area contributed by atoms with Crippen LogP contribution in [0, 0.1) is 0 Å². The van der Waals surface area contributed by atoms with Crippen molar-refractivity contribution in [2.75, 3.05) is 6.54 Å². The van der Waals surface area contributed by atoms with E-state index in [9.17, 15) is 9.36 Å². The number of nitrogens with one attached hydrogen (secondary N) is 1. The van der Waals surface area contributed by atoms with Gasteiger partial charge in [0.25, 0.3) is 0 Å². The molecule has 0 saturated heterocycles. The SMILES string of the molecule is NP(=O)(NCC=O)Oc1ccccc1. The zero-order valence-corrected chi connectivity index (χ0v) is 8.31. The number of hydrogen-bond donors (Lipinski definition) is 2. The van der Waals surface area contributed by atoms with Crippen LogP contribution in [0.15, 0.2) is 30.3 Å². The molecule has 0 heterocycles. The molecule has 1 unspecified atom stereocenters. The van der Waals surface area contributed by atoms with Crippen LogP contribution in [0.25, 0.3) is 0 Å². The van der Waals surface area contributed by atoms with Crippen molar-refractivity contribution in [1.82, 2.24) is 5.09 Å². The van der Waals surface area contributed by atoms with Crippen molar-refractivity contribution >= 4 is 14.0 Å². The molecule has 1 aromatic rings. The summed E-state index contributed by atoms with van der Waals surface area (Å²) >= 11 is 0. The first-order chi connectivity index (χ1) is 6.64. The van der Waals surface area contributed by atoms with Crippen LogP contribution in [0.2, 0.25) is 0 Å². The maximum Gasteiger partial charge on any atom is 0.388 e. The van der Waals surface area contributed by atoms with Gasteiger partial charge in [0.15, 0.2) is 0 Å². The van der Waals surface area contributed by atoms with Crippen LogP contribution in [-0.4, -0.2) is 12.8 Å². The van der Waals surface area contributed by atoms with E-state index in [-0.39, 0.29) is 6.54 Å². The lowest BCUT2D eigenvalue weighted by atomic mass is 10.3. The Morgan fingerprint density at radius 2 is 2.07 bits per heavy atom. The Morgan fingerprint density at radius 3 is 2.64 bits per heavy atom. The molecule has 0 radical (unpaired) electrons. The Kier molecular flexibility index (Phi) is 3.83. The van der Waals surface area contributed by atoms with Gasteiger partial charge in [0.2, 0.25) is 0 Å². The zero-order chi connectivity index (χ0) is 10.4. The van der Waals surface area contributed by atoms with Crippen LogP contribution in [0.1, 0.15) is 0 Å². The molecular formula is C8H11N2O3P. The minimum absolute atomic E-state index is 0.0966. The largest absolute Gasteiger partial charge is 0.422 e. The third-order valence-electron chi connectivity index (χ3n) is 1.38. The molecule has 1 aromatic carbocycles. The molecule has 1 rings (SSSR count). The number of carbonyl (C=O) groups excluding carboxylic acids is 1. The molecule has 5 nitrogen and oxygen atoms in total. The Hall–Kier alpha value is -1.16. The van der Waals surface area contributed by atoms with E-state index in [1.165, 1.54) is 0 Å². The molecule has 0 aliphatic carbocycles. The van der Waals surface area contributed by atoms with E-state index >= 15 is 0 Å². The summed E-state index contributed by atoms with van der Waals surface area (Å²) in [7, 11) is -3.41. The smallest absolute Gasteiger partial charge is 0.388 e. The van der Waals surface area contributed by atoms with Crippen molar-refractivity contribution in [3.8, 4) is 5.75 Å². The molecule has 0 aromatic heterocycles. The fourth-order valence-electron chi connectivity index (χ4n) is 0.835. The van der Waals surface area contributed by atoms with Gasteiger partial charge < -0.3 is 9.32 Å². The summed E-state index contributed by atoms with van der Waals surface area (Å²) in [6.45, 7) is -0.0966. The second kappa shape index (κ2) is 4.91. The lowest BCUT2D eigenvalue weighted by molar-refractivity contribution is -0.106. The van der Waals surface area contributed by atoms with Crippen LogP contribution in [0.4, 0.5) is 0 Å². The summed E-state index contributed by atoms with van der Waals surface area (Å²) in [5.41, 5.74) is 5.30. The molecule has 3 N–H and O–H groups in total. The van der Waals surface area contributed by atoms with Gasteiger partial charge in [0.1, 0.15) is 12.0 Å². The molecule has 0 bridgehead atoms. The summed E-state index contributed by atoms with van der Waals surface area (Å²) in [5.74, 6) is 0.400. The van der Waals surface area contributed by atoms with Crippen molar-refractivity contribution in [2.45, 2.75) is 0 Å². The highest BCUT2D eigenvalue weighted by atomic mass is 31.2. The van der Waals surface area contributed by atoms with Crippen molar-refractivity contribution in [3.63, 3.8) is 0 Å². The number of carbonyl (C=O) groups is 1. The zero-order valence-electron chi connectivity index (χ0n) is 7.42. The Labute approximate surface area is 81.8 Å². The van der Waals surface area contributed by atoms with Crippen molar-refractivity contribution in [3.05, 3.63) is 30.3 Å². The molecule has 0 aliphatic heterocycles. The van der Waals surface area contributed by atoms with Gasteiger partial charge in [-0.1, -0.05) is 18.2 Å². The van der Waals surface area contributed by atoms with Crippen molar-refractivity contribution in [2.24, 2.45) is 5.50 Å². The molecule has 0 amide bonds. The number of benzene rings is 1. The highest BCUT2D eigenvalue weighted by molar-refractivity contribution is 7.54. The molecule has 0 fully saturated rings. The Bertz CT molecular complexity index is 342. The van der Waals surface area contributed by atoms with E-state index < -0.39 is 7.67 Å². The number of rotatable bonds is 5. The average Bonchev–Trinajstić information content (AvgIpc) is 2.16. The van der Waals surface area contributed by atoms with Gasteiger partial charge in [0, 0.05) is 0 Å². The first-order valence-corrected chi connectivity index (χ1v) is 5.65. The van der Waals surface area contributed by atoms with Gasteiger partial charge in [-0.15, -0.1) is 0 Å². The summed E-state index contributed by atoms with van der Waals surface area (Å²) in [6.07, 6.45) is 0.563. The van der Waals surface area contributed by atoms with Crippen molar-refractivity contribution < 1.29 is 13.9 Å². The van der Waals surface area contributed by atoms with E-state index in [2.05, 4.69) is 5.09 Å². The van der Waals surface area contributed by atoms with E-state index in [1.54, 1.807) is 30.3 Å². The normalized spacial score (nSPS) is 14.4. The van der Waals surface area contributed by atoms with Crippen molar-refractivity contribution in [1.29, 1.82) is 0 Å². The molecule has 76 valence electrons. The topological polar surface area (TPSA) is 81.4 Å². The summed E-state index contributed by atoms with van der Waals surface area (Å²) in [5, 5.41) is 2.30. The van der Waals surface area contributed by atoms with Gasteiger partial charge in [-0.3, -0.25) is 0 Å². The quantitative estimate of drug-likeness (QED) is 0.562. The predicted molar refractivity (Wildman–Crippen MR) is 52.9 cm³/mol. The standard InChI is InChI=1S/C8H11N2O3P/c9-14(12,10-6-7-11)13-8-4-2-1-3-5-8/h1-5,7H,6H2,(H3,9,10,12). The monoisotopic (exact) mass is 214 g/mol. The second-order valence-electron chi connectivity index (χ2n) is 2.53. The first-order valence-electron chi connectivity index (χ1n) is 3.96. The first kappa shape index (κ1) is 10.9. The van der Waals surface area contributed by atoms with Crippen LogP contribution >= 0.6 is 7.67 Å². The Morgan fingerprint density at radius 1 is 1.43 bits per heavy atom. The minimum Gasteiger partial charge on any atom is -0.422 e. The van der Waals surface area contributed by atoms with E-state index in [1.807, 2.05) is 0 Å². The van der Waals surface area contributed by atoms with Gasteiger partial charge in [-0.25, -0.2) is 15.2 Å². The van der Waals surface area contributed by atoms with E-state index in [4.69, 9.17) is 10.0 Å². The number of aldehydes is 1. The summed E-state index contributed by atoms with van der Waals surface area (Å²) in [6, 6.07) is 8.52. The lowest BCUT2D eigenvalue weighted by Crippen LogP contribution is -2.21. The maximum atomic E-state index is 11.4. The fourth-order valence-corrected chi connectivity index (χ4v) is 1.66. The van der Waals surface area contributed by atoms with Crippen LogP contribution in [0.3, 0.4) is 0 Å². The predicted octanol–water partition coefficient (Wildman–Crippen LogP) is 0.921. The molecule has 0 saturated carbocycles. The van der Waals surface area contributed by atoms with Gasteiger partial charge >= 0.3 is 7.67 Å². The fraction of sp³-hybridized carbons (Fsp3) is 0.125. The highest BCUT2D eigenvalue weighted by Crippen LogP contribution is 2.33. The maximum absolute atomic E-state index is 11.4. The second-order valence-corrected chi connectivity index (χ2v) is 4.22. The molecule has 0 spiro atoms. The number of para-hydroxylation sites is 1. The van der Waals surface area contributed by atoms with E-state index in [0.717, 1.165) is 0 Å². The summed E-state index contributed by atoms with van der Waals surface area (Å²) < 4.78 is 16.4. The number of hydrogen-bond acceptors (Lipinski definition) is 3. The van der Waals surface area contributed by atoms with Crippen LogP contribution in [0.5, 0.6) is 5.75 Å². The molecule has 14 heavy (non-hydrogen) atoms. The average molecular weight is 214 g/mol. The molecule has 6 heteroatoms.